The van der Waals surface area contributed by atoms with Crippen LogP contribution in [0.1, 0.15) is 30.0 Å². The number of hydrogen-bond donors (Lipinski definition) is 4. The number of carboxylic acid groups (broad SMARTS) is 1. The lowest BCUT2D eigenvalue weighted by Gasteiger charge is -2.18. The smallest absolute Gasteiger partial charge is 0.354 e. The Morgan fingerprint density at radius 2 is 2.00 bits per heavy atom. The van der Waals surface area contributed by atoms with Crippen molar-refractivity contribution in [1.29, 1.82) is 0 Å². The average molecular weight is 296 g/mol. The van der Waals surface area contributed by atoms with E-state index in [1.165, 1.54) is 18.0 Å². The van der Waals surface area contributed by atoms with E-state index in [-0.39, 0.29) is 29.9 Å². The van der Waals surface area contributed by atoms with Crippen molar-refractivity contribution in [1.82, 2.24) is 15.2 Å². The van der Waals surface area contributed by atoms with Crippen molar-refractivity contribution in [2.45, 2.75) is 26.8 Å². The molecule has 0 aromatic carbocycles. The van der Waals surface area contributed by atoms with E-state index in [0.717, 1.165) is 0 Å². The SMILES string of the molecule is Cc1cc(NC(=O)N(C)CC(=O)NC(C)C)c(C(=O)O)[nH]1. The van der Waals surface area contributed by atoms with Crippen LogP contribution in [-0.4, -0.2) is 52.5 Å². The number of likely N-dealkylation sites (N-methyl/N-ethyl adjacent to an activating group) is 1. The third-order valence-electron chi connectivity index (χ3n) is 2.58. The number of H-pyrrole nitrogens is 1. The second-order valence-electron chi connectivity index (χ2n) is 5.05. The van der Waals surface area contributed by atoms with Crippen LogP contribution in [0.3, 0.4) is 0 Å². The molecular weight excluding hydrogens is 276 g/mol. The van der Waals surface area contributed by atoms with E-state index < -0.39 is 12.0 Å². The Hall–Kier alpha value is -2.51. The van der Waals surface area contributed by atoms with Crippen LogP contribution in [0.5, 0.6) is 0 Å². The van der Waals surface area contributed by atoms with Gasteiger partial charge in [-0.3, -0.25) is 4.79 Å². The van der Waals surface area contributed by atoms with Crippen LogP contribution in [0.15, 0.2) is 6.07 Å². The van der Waals surface area contributed by atoms with Gasteiger partial charge in [0.2, 0.25) is 5.91 Å². The molecule has 0 aliphatic rings. The standard InChI is InChI=1S/C13H20N4O4/c1-7(2)14-10(18)6-17(4)13(21)16-9-5-8(3)15-11(9)12(19)20/h5,7,15H,6H2,1-4H3,(H,14,18)(H,16,21)(H,19,20). The number of aromatic carboxylic acids is 1. The van der Waals surface area contributed by atoms with Crippen molar-refractivity contribution in [3.63, 3.8) is 0 Å². The van der Waals surface area contributed by atoms with Crippen LogP contribution >= 0.6 is 0 Å². The second-order valence-corrected chi connectivity index (χ2v) is 5.05. The summed E-state index contributed by atoms with van der Waals surface area (Å²) in [5, 5.41) is 14.1. The predicted octanol–water partition coefficient (Wildman–Crippen LogP) is 1.01. The van der Waals surface area contributed by atoms with Crippen LogP contribution in [0.4, 0.5) is 10.5 Å². The minimum atomic E-state index is -1.17. The normalized spacial score (nSPS) is 10.3. The van der Waals surface area contributed by atoms with Gasteiger partial charge >= 0.3 is 12.0 Å². The molecule has 0 unspecified atom stereocenters. The van der Waals surface area contributed by atoms with Crippen LogP contribution < -0.4 is 10.6 Å². The summed E-state index contributed by atoms with van der Waals surface area (Å²) in [4.78, 5) is 38.4. The minimum absolute atomic E-state index is 0.0140. The first-order chi connectivity index (χ1) is 9.70. The molecule has 3 amide bonds. The highest BCUT2D eigenvalue weighted by atomic mass is 16.4. The maximum absolute atomic E-state index is 11.9. The topological polar surface area (TPSA) is 115 Å². The van der Waals surface area contributed by atoms with Gasteiger partial charge in [-0.15, -0.1) is 0 Å². The molecule has 0 spiro atoms. The van der Waals surface area contributed by atoms with Crippen LogP contribution in [0.2, 0.25) is 0 Å². The van der Waals surface area contributed by atoms with Gasteiger partial charge in [-0.1, -0.05) is 0 Å². The Kier molecular flexibility index (Phi) is 5.34. The summed E-state index contributed by atoms with van der Waals surface area (Å²) in [5.74, 6) is -1.45. The fourth-order valence-corrected chi connectivity index (χ4v) is 1.72. The lowest BCUT2D eigenvalue weighted by molar-refractivity contribution is -0.121. The fraction of sp³-hybridized carbons (Fsp3) is 0.462. The molecule has 116 valence electrons. The molecule has 0 aliphatic heterocycles. The summed E-state index contributed by atoms with van der Waals surface area (Å²) in [7, 11) is 1.45. The molecule has 0 saturated carbocycles. The predicted molar refractivity (Wildman–Crippen MR) is 77.4 cm³/mol. The number of anilines is 1. The zero-order chi connectivity index (χ0) is 16.2. The first kappa shape index (κ1) is 16.5. The lowest BCUT2D eigenvalue weighted by atomic mass is 10.3. The van der Waals surface area contributed by atoms with Gasteiger partial charge in [-0.25, -0.2) is 9.59 Å². The molecule has 1 rings (SSSR count). The number of nitrogens with one attached hydrogen (secondary N) is 3. The molecule has 0 atom stereocenters. The Morgan fingerprint density at radius 1 is 1.38 bits per heavy atom. The molecule has 0 saturated heterocycles. The van der Waals surface area contributed by atoms with E-state index in [2.05, 4.69) is 15.6 Å². The number of aromatic nitrogens is 1. The number of nitrogens with zero attached hydrogens (tertiary/aromatic N) is 1. The monoisotopic (exact) mass is 296 g/mol. The van der Waals surface area contributed by atoms with E-state index in [0.29, 0.717) is 5.69 Å². The number of hydrogen-bond acceptors (Lipinski definition) is 3. The van der Waals surface area contributed by atoms with Gasteiger partial charge in [-0.05, 0) is 26.8 Å². The Bertz CT molecular complexity index is 550. The fourth-order valence-electron chi connectivity index (χ4n) is 1.72. The van der Waals surface area contributed by atoms with Crippen molar-refractivity contribution in [3.05, 3.63) is 17.5 Å². The highest BCUT2D eigenvalue weighted by Gasteiger charge is 2.18. The molecule has 0 radical (unpaired) electrons. The number of aryl methyl sites for hydroxylation is 1. The molecular formula is C13H20N4O4. The Morgan fingerprint density at radius 3 is 2.52 bits per heavy atom. The third kappa shape index (κ3) is 4.83. The van der Waals surface area contributed by atoms with E-state index >= 15 is 0 Å². The molecule has 8 nitrogen and oxygen atoms in total. The molecule has 0 aliphatic carbocycles. The first-order valence-electron chi connectivity index (χ1n) is 6.45. The van der Waals surface area contributed by atoms with Gasteiger partial charge < -0.3 is 25.6 Å². The zero-order valence-electron chi connectivity index (χ0n) is 12.5. The van der Waals surface area contributed by atoms with Crippen LogP contribution in [-0.2, 0) is 4.79 Å². The van der Waals surface area contributed by atoms with Crippen molar-refractivity contribution >= 4 is 23.6 Å². The number of rotatable bonds is 5. The second kappa shape index (κ2) is 6.78. The molecule has 1 aromatic heterocycles. The lowest BCUT2D eigenvalue weighted by Crippen LogP contribution is -2.42. The van der Waals surface area contributed by atoms with E-state index in [4.69, 9.17) is 5.11 Å². The summed E-state index contributed by atoms with van der Waals surface area (Å²) < 4.78 is 0. The molecule has 4 N–H and O–H groups in total. The number of carbonyl (C=O) groups excluding carboxylic acids is 2. The van der Waals surface area contributed by atoms with Crippen molar-refractivity contribution in [3.8, 4) is 0 Å². The molecule has 1 aromatic rings. The average Bonchev–Trinajstić information content (AvgIpc) is 2.68. The van der Waals surface area contributed by atoms with Crippen molar-refractivity contribution in [2.24, 2.45) is 0 Å². The van der Waals surface area contributed by atoms with Gasteiger partial charge in [0.15, 0.2) is 0 Å². The summed E-state index contributed by atoms with van der Waals surface area (Å²) in [6, 6.07) is 0.943. The quantitative estimate of drug-likeness (QED) is 0.649. The summed E-state index contributed by atoms with van der Waals surface area (Å²) in [5.41, 5.74) is 0.685. The maximum Gasteiger partial charge on any atom is 0.354 e. The Balaban J connectivity index is 2.68. The number of carboxylic acids is 1. The zero-order valence-corrected chi connectivity index (χ0v) is 12.5. The minimum Gasteiger partial charge on any atom is -0.477 e. The van der Waals surface area contributed by atoms with Crippen LogP contribution in [0, 0.1) is 6.92 Å². The summed E-state index contributed by atoms with van der Waals surface area (Å²) in [6.07, 6.45) is 0. The molecule has 0 fully saturated rings. The van der Waals surface area contributed by atoms with Gasteiger partial charge in [0.25, 0.3) is 0 Å². The van der Waals surface area contributed by atoms with E-state index in [1.54, 1.807) is 6.92 Å². The number of aromatic amines is 1. The third-order valence-corrected chi connectivity index (χ3v) is 2.58. The maximum atomic E-state index is 11.9. The van der Waals surface area contributed by atoms with Crippen molar-refractivity contribution < 1.29 is 19.5 Å². The molecule has 1 heterocycles. The molecule has 0 bridgehead atoms. The van der Waals surface area contributed by atoms with Gasteiger partial charge in [0.1, 0.15) is 12.2 Å². The highest BCUT2D eigenvalue weighted by Crippen LogP contribution is 2.17. The summed E-state index contributed by atoms with van der Waals surface area (Å²) >= 11 is 0. The van der Waals surface area contributed by atoms with Crippen LogP contribution in [0.25, 0.3) is 0 Å². The largest absolute Gasteiger partial charge is 0.477 e. The highest BCUT2D eigenvalue weighted by molar-refractivity contribution is 5.99. The van der Waals surface area contributed by atoms with Gasteiger partial charge in [0, 0.05) is 18.8 Å². The molecule has 21 heavy (non-hydrogen) atoms. The van der Waals surface area contributed by atoms with E-state index in [9.17, 15) is 14.4 Å². The van der Waals surface area contributed by atoms with E-state index in [1.807, 2.05) is 13.8 Å². The molecule has 8 heteroatoms. The summed E-state index contributed by atoms with van der Waals surface area (Å²) in [6.45, 7) is 5.21. The first-order valence-corrected chi connectivity index (χ1v) is 6.45. The number of urea groups is 1. The van der Waals surface area contributed by atoms with Crippen molar-refractivity contribution in [2.75, 3.05) is 18.9 Å². The number of carbonyl (C=O) groups is 3. The van der Waals surface area contributed by atoms with Gasteiger partial charge in [0.05, 0.1) is 5.69 Å². The number of amides is 3. The Labute approximate surface area is 122 Å². The van der Waals surface area contributed by atoms with Gasteiger partial charge in [-0.2, -0.15) is 0 Å².